The van der Waals surface area contributed by atoms with Gasteiger partial charge in [-0.1, -0.05) is 44.5 Å². The lowest BCUT2D eigenvalue weighted by Gasteiger charge is -2.13. The maximum atomic E-state index is 13.1. The SMILES string of the molecule is CCCc1nc2ccc(C)cn2c1C(=O)Nc1c(C)cccc1CC. The largest absolute Gasteiger partial charge is 0.320 e. The van der Waals surface area contributed by atoms with Crippen LogP contribution < -0.4 is 5.32 Å². The molecule has 0 atom stereocenters. The number of aromatic nitrogens is 2. The molecule has 130 valence electrons. The fourth-order valence-corrected chi connectivity index (χ4v) is 3.23. The Hall–Kier alpha value is -2.62. The van der Waals surface area contributed by atoms with Crippen LogP contribution in [-0.4, -0.2) is 15.3 Å². The number of pyridine rings is 1. The van der Waals surface area contributed by atoms with Gasteiger partial charge in [-0.2, -0.15) is 0 Å². The molecule has 3 aromatic rings. The van der Waals surface area contributed by atoms with Crippen LogP contribution in [0.5, 0.6) is 0 Å². The Kier molecular flexibility index (Phi) is 4.88. The Labute approximate surface area is 148 Å². The van der Waals surface area contributed by atoms with E-state index in [1.807, 2.05) is 48.7 Å². The van der Waals surface area contributed by atoms with Gasteiger partial charge in [-0.25, -0.2) is 4.98 Å². The smallest absolute Gasteiger partial charge is 0.274 e. The predicted molar refractivity (Wildman–Crippen MR) is 102 cm³/mol. The molecule has 0 aliphatic carbocycles. The number of hydrogen-bond acceptors (Lipinski definition) is 2. The van der Waals surface area contributed by atoms with Gasteiger partial charge in [0.05, 0.1) is 5.69 Å². The van der Waals surface area contributed by atoms with Crippen molar-refractivity contribution in [2.24, 2.45) is 0 Å². The van der Waals surface area contributed by atoms with Crippen molar-refractivity contribution in [1.29, 1.82) is 0 Å². The second kappa shape index (κ2) is 7.09. The number of aryl methyl sites for hydroxylation is 4. The Morgan fingerprint density at radius 1 is 1.16 bits per heavy atom. The van der Waals surface area contributed by atoms with Crippen molar-refractivity contribution in [3.05, 3.63) is 64.6 Å². The van der Waals surface area contributed by atoms with Crippen LogP contribution in [0.3, 0.4) is 0 Å². The Morgan fingerprint density at radius 3 is 2.68 bits per heavy atom. The van der Waals surface area contributed by atoms with Crippen molar-refractivity contribution in [3.63, 3.8) is 0 Å². The van der Waals surface area contributed by atoms with Crippen LogP contribution in [0.25, 0.3) is 5.65 Å². The molecule has 25 heavy (non-hydrogen) atoms. The summed E-state index contributed by atoms with van der Waals surface area (Å²) in [5.41, 5.74) is 6.57. The molecule has 0 bridgehead atoms. The number of rotatable bonds is 5. The minimum absolute atomic E-state index is 0.0921. The summed E-state index contributed by atoms with van der Waals surface area (Å²) in [4.78, 5) is 17.8. The fraction of sp³-hybridized carbons (Fsp3) is 0.333. The summed E-state index contributed by atoms with van der Waals surface area (Å²) in [7, 11) is 0. The van der Waals surface area contributed by atoms with Crippen LogP contribution in [0.1, 0.15) is 53.1 Å². The second-order valence-electron chi connectivity index (χ2n) is 6.51. The molecule has 0 aliphatic rings. The average Bonchev–Trinajstić information content (AvgIpc) is 2.94. The summed E-state index contributed by atoms with van der Waals surface area (Å²) >= 11 is 0. The van der Waals surface area contributed by atoms with Crippen molar-refractivity contribution in [1.82, 2.24) is 9.38 Å². The van der Waals surface area contributed by atoms with Crippen LogP contribution in [0.2, 0.25) is 0 Å². The van der Waals surface area contributed by atoms with Gasteiger partial charge in [0.2, 0.25) is 0 Å². The van der Waals surface area contributed by atoms with E-state index in [0.29, 0.717) is 5.69 Å². The lowest BCUT2D eigenvalue weighted by molar-refractivity contribution is 0.102. The van der Waals surface area contributed by atoms with Gasteiger partial charge in [-0.05, 0) is 49.4 Å². The molecule has 2 heterocycles. The van der Waals surface area contributed by atoms with Crippen LogP contribution >= 0.6 is 0 Å². The van der Waals surface area contributed by atoms with Gasteiger partial charge in [0.25, 0.3) is 5.91 Å². The number of carbonyl (C=O) groups excluding carboxylic acids is 1. The summed E-state index contributed by atoms with van der Waals surface area (Å²) in [6.07, 6.45) is 4.60. The second-order valence-corrected chi connectivity index (χ2v) is 6.51. The third-order valence-corrected chi connectivity index (χ3v) is 4.52. The number of carbonyl (C=O) groups is 1. The van der Waals surface area contributed by atoms with Crippen molar-refractivity contribution < 1.29 is 4.79 Å². The van der Waals surface area contributed by atoms with E-state index in [2.05, 4.69) is 30.2 Å². The molecule has 0 aliphatic heterocycles. The molecule has 0 saturated heterocycles. The van der Waals surface area contributed by atoms with E-state index in [1.165, 1.54) is 0 Å². The van der Waals surface area contributed by atoms with Crippen molar-refractivity contribution >= 4 is 17.2 Å². The third-order valence-electron chi connectivity index (χ3n) is 4.52. The minimum atomic E-state index is -0.0921. The lowest BCUT2D eigenvalue weighted by atomic mass is 10.1. The maximum Gasteiger partial charge on any atom is 0.274 e. The first kappa shape index (κ1) is 17.2. The normalized spacial score (nSPS) is 11.0. The summed E-state index contributed by atoms with van der Waals surface area (Å²) in [6.45, 7) is 8.26. The van der Waals surface area contributed by atoms with E-state index in [4.69, 9.17) is 0 Å². The van der Waals surface area contributed by atoms with Gasteiger partial charge in [0.15, 0.2) is 0 Å². The molecular weight excluding hydrogens is 310 g/mol. The highest BCUT2D eigenvalue weighted by Gasteiger charge is 2.20. The number of nitrogens with one attached hydrogen (secondary N) is 1. The number of fused-ring (bicyclic) bond motifs is 1. The zero-order valence-corrected chi connectivity index (χ0v) is 15.4. The summed E-state index contributed by atoms with van der Waals surface area (Å²) in [6, 6.07) is 10.1. The number of benzene rings is 1. The molecule has 1 aromatic carbocycles. The van der Waals surface area contributed by atoms with E-state index in [-0.39, 0.29) is 5.91 Å². The molecule has 4 nitrogen and oxygen atoms in total. The van der Waals surface area contributed by atoms with E-state index < -0.39 is 0 Å². The number of amides is 1. The Morgan fingerprint density at radius 2 is 1.96 bits per heavy atom. The van der Waals surface area contributed by atoms with Crippen LogP contribution in [0, 0.1) is 13.8 Å². The molecule has 0 spiro atoms. The number of nitrogens with zero attached hydrogens (tertiary/aromatic N) is 2. The van der Waals surface area contributed by atoms with E-state index >= 15 is 0 Å². The third kappa shape index (κ3) is 3.29. The summed E-state index contributed by atoms with van der Waals surface area (Å²) in [5.74, 6) is -0.0921. The van der Waals surface area contributed by atoms with Gasteiger partial charge in [-0.15, -0.1) is 0 Å². The highest BCUT2D eigenvalue weighted by molar-refractivity contribution is 6.05. The number of imidazole rings is 1. The molecule has 0 radical (unpaired) electrons. The van der Waals surface area contributed by atoms with Gasteiger partial charge in [0.1, 0.15) is 11.3 Å². The monoisotopic (exact) mass is 335 g/mol. The Bertz CT molecular complexity index is 924. The molecule has 1 amide bonds. The highest BCUT2D eigenvalue weighted by atomic mass is 16.2. The number of hydrogen-bond donors (Lipinski definition) is 1. The molecule has 1 N–H and O–H groups in total. The zero-order valence-electron chi connectivity index (χ0n) is 15.4. The first-order valence-corrected chi connectivity index (χ1v) is 8.92. The standard InChI is InChI=1S/C21H25N3O/c1-5-8-17-20(24-13-14(3)11-12-18(24)22-17)21(25)23-19-15(4)9-7-10-16(19)6-2/h7,9-13H,5-6,8H2,1-4H3,(H,23,25). The topological polar surface area (TPSA) is 46.4 Å². The molecule has 0 unspecified atom stereocenters. The molecule has 0 saturated carbocycles. The molecular formula is C21H25N3O. The highest BCUT2D eigenvalue weighted by Crippen LogP contribution is 2.23. The van der Waals surface area contributed by atoms with E-state index in [9.17, 15) is 4.79 Å². The van der Waals surface area contributed by atoms with Gasteiger partial charge in [-0.3, -0.25) is 9.20 Å². The van der Waals surface area contributed by atoms with Crippen molar-refractivity contribution in [2.75, 3.05) is 5.32 Å². The van der Waals surface area contributed by atoms with Gasteiger partial charge >= 0.3 is 0 Å². The minimum Gasteiger partial charge on any atom is -0.320 e. The van der Waals surface area contributed by atoms with Crippen LogP contribution in [0.4, 0.5) is 5.69 Å². The van der Waals surface area contributed by atoms with E-state index in [1.54, 1.807) is 0 Å². The van der Waals surface area contributed by atoms with Crippen molar-refractivity contribution in [2.45, 2.75) is 47.0 Å². The molecule has 0 fully saturated rings. The summed E-state index contributed by atoms with van der Waals surface area (Å²) in [5, 5.41) is 3.14. The van der Waals surface area contributed by atoms with Crippen molar-refractivity contribution in [3.8, 4) is 0 Å². The van der Waals surface area contributed by atoms with E-state index in [0.717, 1.165) is 53.0 Å². The average molecular weight is 335 g/mol. The first-order chi connectivity index (χ1) is 12.0. The maximum absolute atomic E-state index is 13.1. The lowest BCUT2D eigenvalue weighted by Crippen LogP contribution is -2.18. The first-order valence-electron chi connectivity index (χ1n) is 8.92. The van der Waals surface area contributed by atoms with Gasteiger partial charge in [0, 0.05) is 11.9 Å². The number of para-hydroxylation sites is 1. The van der Waals surface area contributed by atoms with Crippen LogP contribution in [-0.2, 0) is 12.8 Å². The predicted octanol–water partition coefficient (Wildman–Crippen LogP) is 4.72. The molecule has 3 rings (SSSR count). The molecule has 4 heteroatoms. The number of anilines is 1. The summed E-state index contributed by atoms with van der Waals surface area (Å²) < 4.78 is 1.92. The van der Waals surface area contributed by atoms with Gasteiger partial charge < -0.3 is 5.32 Å². The Balaban J connectivity index is 2.08. The zero-order chi connectivity index (χ0) is 18.0. The quantitative estimate of drug-likeness (QED) is 0.733. The molecule has 2 aromatic heterocycles. The van der Waals surface area contributed by atoms with Crippen LogP contribution in [0.15, 0.2) is 36.5 Å². The fourth-order valence-electron chi connectivity index (χ4n) is 3.23.